The third-order valence-corrected chi connectivity index (χ3v) is 8.34. The molecule has 7 nitrogen and oxygen atoms in total. The van der Waals surface area contributed by atoms with Crippen LogP contribution in [0.25, 0.3) is 0 Å². The second-order valence-electron chi connectivity index (χ2n) is 8.73. The van der Waals surface area contributed by atoms with Crippen molar-refractivity contribution in [3.8, 4) is 5.75 Å². The highest BCUT2D eigenvalue weighted by molar-refractivity contribution is 7.92. The summed E-state index contributed by atoms with van der Waals surface area (Å²) in [6.45, 7) is 5.39. The van der Waals surface area contributed by atoms with Gasteiger partial charge in [-0.15, -0.1) is 0 Å². The maximum Gasteiger partial charge on any atom is 0.264 e. The Kier molecular flexibility index (Phi) is 7.79. The van der Waals surface area contributed by atoms with Crippen molar-refractivity contribution >= 4 is 27.4 Å². The molecule has 0 heterocycles. The van der Waals surface area contributed by atoms with E-state index < -0.39 is 10.0 Å². The Balaban J connectivity index is 1.90. The fraction of sp³-hybridized carbons (Fsp3) is 0.440. The highest BCUT2D eigenvalue weighted by Gasteiger charge is 2.31. The summed E-state index contributed by atoms with van der Waals surface area (Å²) >= 11 is 0. The van der Waals surface area contributed by atoms with Crippen molar-refractivity contribution in [2.24, 2.45) is 11.8 Å². The third-order valence-electron chi connectivity index (χ3n) is 6.55. The first-order valence-electron chi connectivity index (χ1n) is 11.2. The molecule has 8 heteroatoms. The Hall–Kier alpha value is -2.87. The summed E-state index contributed by atoms with van der Waals surface area (Å²) in [5.41, 5.74) is 0.773. The van der Waals surface area contributed by atoms with Crippen LogP contribution in [0.2, 0.25) is 0 Å². The van der Waals surface area contributed by atoms with Crippen molar-refractivity contribution in [3.05, 3.63) is 54.1 Å². The number of hydrogen-bond acceptors (Lipinski definition) is 5. The lowest BCUT2D eigenvalue weighted by Crippen LogP contribution is -2.48. The molecule has 2 aromatic rings. The molecule has 3 atom stereocenters. The average Bonchev–Trinajstić information content (AvgIpc) is 2.80. The molecule has 0 unspecified atom stereocenters. The molecule has 1 N–H and O–H groups in total. The number of sulfonamides is 1. The minimum Gasteiger partial charge on any atom is -0.497 e. The fourth-order valence-corrected chi connectivity index (χ4v) is 5.64. The second kappa shape index (κ2) is 10.4. The number of Topliss-reactive ketones (excluding diaryl/α,β-unsaturated/α-hetero) is 1. The summed E-state index contributed by atoms with van der Waals surface area (Å²) in [4.78, 5) is 24.6. The molecular formula is C25H32N2O5S. The van der Waals surface area contributed by atoms with Crippen molar-refractivity contribution in [1.29, 1.82) is 0 Å². The van der Waals surface area contributed by atoms with Gasteiger partial charge in [-0.2, -0.15) is 0 Å². The molecule has 0 spiro atoms. The zero-order valence-corrected chi connectivity index (χ0v) is 20.4. The number of carbonyl (C=O) groups excluding carboxylic acids is 2. The lowest BCUT2D eigenvalue weighted by atomic mass is 9.78. The molecule has 1 fully saturated rings. The van der Waals surface area contributed by atoms with Gasteiger partial charge in [0.2, 0.25) is 5.91 Å². The molecular weight excluding hydrogens is 440 g/mol. The highest BCUT2D eigenvalue weighted by atomic mass is 32.2. The summed E-state index contributed by atoms with van der Waals surface area (Å²) in [7, 11) is -2.53. The molecule has 3 rings (SSSR count). The Bertz CT molecular complexity index is 1080. The number of ether oxygens (including phenoxy) is 1. The van der Waals surface area contributed by atoms with Gasteiger partial charge >= 0.3 is 0 Å². The molecule has 1 saturated carbocycles. The Morgan fingerprint density at radius 1 is 1.03 bits per heavy atom. The normalized spacial score (nSPS) is 20.7. The van der Waals surface area contributed by atoms with Crippen molar-refractivity contribution in [3.63, 3.8) is 0 Å². The number of hydrogen-bond donors (Lipinski definition) is 1. The Morgan fingerprint density at radius 2 is 1.67 bits per heavy atom. The minimum atomic E-state index is -4.06. The number of nitrogens with zero attached hydrogens (tertiary/aromatic N) is 1. The smallest absolute Gasteiger partial charge is 0.264 e. The van der Waals surface area contributed by atoms with E-state index in [1.54, 1.807) is 24.3 Å². The predicted molar refractivity (Wildman–Crippen MR) is 128 cm³/mol. The highest BCUT2D eigenvalue weighted by Crippen LogP contribution is 2.30. The van der Waals surface area contributed by atoms with Crippen molar-refractivity contribution in [2.75, 3.05) is 18.0 Å². The first-order chi connectivity index (χ1) is 15.6. The van der Waals surface area contributed by atoms with E-state index in [9.17, 15) is 18.0 Å². The van der Waals surface area contributed by atoms with Crippen LogP contribution in [0.1, 0.15) is 50.4 Å². The number of ketones is 1. The molecule has 1 amide bonds. The molecule has 0 radical (unpaired) electrons. The summed E-state index contributed by atoms with van der Waals surface area (Å²) < 4.78 is 33.4. The molecule has 33 heavy (non-hydrogen) atoms. The van der Waals surface area contributed by atoms with E-state index in [0.717, 1.165) is 23.6 Å². The maximum atomic E-state index is 13.5. The van der Waals surface area contributed by atoms with Crippen LogP contribution in [-0.2, 0) is 14.8 Å². The summed E-state index contributed by atoms with van der Waals surface area (Å²) in [6.07, 6.45) is 3.06. The topological polar surface area (TPSA) is 92.8 Å². The number of rotatable bonds is 8. The van der Waals surface area contributed by atoms with Crippen molar-refractivity contribution < 1.29 is 22.7 Å². The van der Waals surface area contributed by atoms with Crippen LogP contribution < -0.4 is 14.4 Å². The van der Waals surface area contributed by atoms with Gasteiger partial charge in [0.15, 0.2) is 5.78 Å². The first-order valence-corrected chi connectivity index (χ1v) is 12.6. The van der Waals surface area contributed by atoms with Gasteiger partial charge in [0.25, 0.3) is 10.0 Å². The van der Waals surface area contributed by atoms with Crippen LogP contribution in [0.4, 0.5) is 5.69 Å². The van der Waals surface area contributed by atoms with Gasteiger partial charge in [-0.25, -0.2) is 8.42 Å². The number of carbonyl (C=O) groups is 2. The summed E-state index contributed by atoms with van der Waals surface area (Å²) in [5.74, 6) is 0.913. The van der Waals surface area contributed by atoms with Gasteiger partial charge in [-0.05, 0) is 61.6 Å². The maximum absolute atomic E-state index is 13.5. The lowest BCUT2D eigenvalue weighted by Gasteiger charge is -2.35. The standard InChI is InChI=1S/C25H32N2O5S/c1-17-6-5-7-24(18(17)2)26-25(29)16-27(21-10-12-22(32-4)13-11-21)33(30,31)23-14-8-20(9-15-23)19(3)28/h8-15,17-18,24H,5-7,16H2,1-4H3,(H,26,29)/t17-,18-,24-/m1/s1. The van der Waals surface area contributed by atoms with Crippen LogP contribution in [0.3, 0.4) is 0 Å². The average molecular weight is 473 g/mol. The largest absolute Gasteiger partial charge is 0.497 e. The van der Waals surface area contributed by atoms with Gasteiger partial charge in [-0.1, -0.05) is 38.8 Å². The van der Waals surface area contributed by atoms with E-state index >= 15 is 0 Å². The van der Waals surface area contributed by atoms with E-state index in [4.69, 9.17) is 4.74 Å². The molecule has 0 aromatic heterocycles. The van der Waals surface area contributed by atoms with Gasteiger partial charge in [0.1, 0.15) is 12.3 Å². The molecule has 0 bridgehead atoms. The number of amides is 1. The fourth-order valence-electron chi connectivity index (χ4n) is 4.22. The molecule has 1 aliphatic carbocycles. The lowest BCUT2D eigenvalue weighted by molar-refractivity contribution is -0.121. The minimum absolute atomic E-state index is 0.00998. The van der Waals surface area contributed by atoms with E-state index in [-0.39, 0.29) is 29.2 Å². The number of nitrogens with one attached hydrogen (secondary N) is 1. The van der Waals surface area contributed by atoms with Gasteiger partial charge in [0, 0.05) is 11.6 Å². The van der Waals surface area contributed by atoms with Crippen LogP contribution in [0.15, 0.2) is 53.4 Å². The van der Waals surface area contributed by atoms with E-state index in [0.29, 0.717) is 28.8 Å². The van der Waals surface area contributed by atoms with E-state index in [1.807, 2.05) is 0 Å². The monoisotopic (exact) mass is 472 g/mol. The third kappa shape index (κ3) is 5.74. The molecule has 2 aromatic carbocycles. The summed E-state index contributed by atoms with van der Waals surface area (Å²) in [5, 5.41) is 3.06. The van der Waals surface area contributed by atoms with Crippen molar-refractivity contribution in [1.82, 2.24) is 5.32 Å². The molecule has 0 saturated heterocycles. The van der Waals surface area contributed by atoms with Crippen LogP contribution >= 0.6 is 0 Å². The quantitative estimate of drug-likeness (QED) is 0.586. The number of methoxy groups -OCH3 is 1. The van der Waals surface area contributed by atoms with Crippen LogP contribution in [0.5, 0.6) is 5.75 Å². The summed E-state index contributed by atoms with van der Waals surface area (Å²) in [6, 6.07) is 12.3. The van der Waals surface area contributed by atoms with Crippen molar-refractivity contribution in [2.45, 2.75) is 51.0 Å². The Morgan fingerprint density at radius 3 is 2.24 bits per heavy atom. The van der Waals surface area contributed by atoms with Gasteiger partial charge in [-0.3, -0.25) is 13.9 Å². The zero-order valence-electron chi connectivity index (χ0n) is 19.6. The molecule has 0 aliphatic heterocycles. The predicted octanol–water partition coefficient (Wildman–Crippen LogP) is 4.03. The number of benzene rings is 2. The van der Waals surface area contributed by atoms with Crippen LogP contribution in [0, 0.1) is 11.8 Å². The Labute approximate surface area is 196 Å². The molecule has 1 aliphatic rings. The van der Waals surface area contributed by atoms with E-state index in [1.165, 1.54) is 38.3 Å². The second-order valence-corrected chi connectivity index (χ2v) is 10.6. The zero-order chi connectivity index (χ0) is 24.2. The van der Waals surface area contributed by atoms with Gasteiger partial charge in [0.05, 0.1) is 17.7 Å². The van der Waals surface area contributed by atoms with Gasteiger partial charge < -0.3 is 10.1 Å². The number of anilines is 1. The van der Waals surface area contributed by atoms with Crippen LogP contribution in [-0.4, -0.2) is 39.8 Å². The SMILES string of the molecule is COc1ccc(N(CC(=O)N[C@@H]2CCC[C@@H](C)[C@H]2C)S(=O)(=O)c2ccc(C(C)=O)cc2)cc1. The molecule has 178 valence electrons. The van der Waals surface area contributed by atoms with E-state index in [2.05, 4.69) is 19.2 Å². The first kappa shape index (κ1) is 24.8.